The van der Waals surface area contributed by atoms with Gasteiger partial charge >= 0.3 is 5.97 Å². The van der Waals surface area contributed by atoms with Crippen molar-refractivity contribution in [3.05, 3.63) is 34.2 Å². The molecule has 2 heterocycles. The summed E-state index contributed by atoms with van der Waals surface area (Å²) in [5, 5.41) is 9.14. The summed E-state index contributed by atoms with van der Waals surface area (Å²) < 4.78 is 1.36. The van der Waals surface area contributed by atoms with Crippen molar-refractivity contribution in [3.63, 3.8) is 0 Å². The Balaban J connectivity index is 2.28. The van der Waals surface area contributed by atoms with Gasteiger partial charge in [-0.3, -0.25) is 9.59 Å². The molecule has 1 aliphatic heterocycles. The third kappa shape index (κ3) is 2.67. The first kappa shape index (κ1) is 13.3. The van der Waals surface area contributed by atoms with Crippen LogP contribution in [-0.4, -0.2) is 39.0 Å². The second-order valence-electron chi connectivity index (χ2n) is 4.71. The smallest absolute Gasteiger partial charge is 0.326 e. The van der Waals surface area contributed by atoms with Gasteiger partial charge in [0, 0.05) is 31.4 Å². The molecule has 102 valence electrons. The second kappa shape index (κ2) is 5.26. The lowest BCUT2D eigenvalue weighted by Crippen LogP contribution is -2.48. The zero-order chi connectivity index (χ0) is 14.0. The number of aryl methyl sites for hydroxylation is 1. The first-order chi connectivity index (χ1) is 9.00. The van der Waals surface area contributed by atoms with Crippen molar-refractivity contribution in [1.29, 1.82) is 0 Å². The Morgan fingerprint density at radius 1 is 1.37 bits per heavy atom. The Bertz CT molecular complexity index is 564. The second-order valence-corrected chi connectivity index (χ2v) is 4.71. The van der Waals surface area contributed by atoms with Crippen molar-refractivity contribution in [2.75, 3.05) is 6.54 Å². The fourth-order valence-corrected chi connectivity index (χ4v) is 2.28. The van der Waals surface area contributed by atoms with Gasteiger partial charge in [-0.2, -0.15) is 0 Å². The van der Waals surface area contributed by atoms with Gasteiger partial charge in [0.05, 0.1) is 0 Å². The molecule has 1 amide bonds. The van der Waals surface area contributed by atoms with E-state index in [1.165, 1.54) is 27.8 Å². The van der Waals surface area contributed by atoms with Crippen LogP contribution in [0.25, 0.3) is 0 Å². The molecule has 0 spiro atoms. The van der Waals surface area contributed by atoms with Crippen molar-refractivity contribution < 1.29 is 14.7 Å². The van der Waals surface area contributed by atoms with Crippen LogP contribution in [0.3, 0.4) is 0 Å². The molecule has 1 fully saturated rings. The molecule has 1 N–H and O–H groups in total. The summed E-state index contributed by atoms with van der Waals surface area (Å²) in [5.41, 5.74) is -0.0361. The van der Waals surface area contributed by atoms with Gasteiger partial charge in [0.1, 0.15) is 6.04 Å². The molecule has 1 atom stereocenters. The number of amides is 1. The highest BCUT2D eigenvalue weighted by Crippen LogP contribution is 2.19. The fourth-order valence-electron chi connectivity index (χ4n) is 2.28. The van der Waals surface area contributed by atoms with Crippen LogP contribution < -0.4 is 5.56 Å². The van der Waals surface area contributed by atoms with E-state index in [2.05, 4.69) is 0 Å². The van der Waals surface area contributed by atoms with Gasteiger partial charge in [-0.25, -0.2) is 4.79 Å². The molecule has 0 aliphatic carbocycles. The number of nitrogens with zero attached hydrogens (tertiary/aromatic N) is 2. The minimum atomic E-state index is -0.989. The Morgan fingerprint density at radius 2 is 2.11 bits per heavy atom. The number of carboxylic acid groups (broad SMARTS) is 1. The van der Waals surface area contributed by atoms with Gasteiger partial charge in [0.25, 0.3) is 11.5 Å². The quantitative estimate of drug-likeness (QED) is 0.841. The number of hydrogen-bond acceptors (Lipinski definition) is 3. The van der Waals surface area contributed by atoms with Crippen molar-refractivity contribution in [2.24, 2.45) is 7.05 Å². The molecule has 6 heteroatoms. The molecule has 0 radical (unpaired) electrons. The van der Waals surface area contributed by atoms with Gasteiger partial charge in [0.15, 0.2) is 0 Å². The van der Waals surface area contributed by atoms with Crippen molar-refractivity contribution >= 4 is 11.9 Å². The number of carboxylic acids is 1. The van der Waals surface area contributed by atoms with Gasteiger partial charge in [-0.05, 0) is 25.3 Å². The van der Waals surface area contributed by atoms with E-state index in [1.54, 1.807) is 7.05 Å². The maximum atomic E-state index is 12.3. The van der Waals surface area contributed by atoms with Crippen LogP contribution >= 0.6 is 0 Å². The van der Waals surface area contributed by atoms with E-state index < -0.39 is 12.0 Å². The SMILES string of the molecule is Cn1ccc(C(=O)N2CCCCC2C(=O)O)cc1=O. The van der Waals surface area contributed by atoms with E-state index in [1.807, 2.05) is 0 Å². The molecule has 1 aromatic heterocycles. The van der Waals surface area contributed by atoms with E-state index in [4.69, 9.17) is 5.11 Å². The third-order valence-corrected chi connectivity index (χ3v) is 3.40. The number of aliphatic carboxylic acids is 1. The maximum Gasteiger partial charge on any atom is 0.326 e. The molecule has 1 saturated heterocycles. The van der Waals surface area contributed by atoms with Crippen LogP contribution in [0.5, 0.6) is 0 Å². The number of likely N-dealkylation sites (tertiary alicyclic amines) is 1. The molecule has 6 nitrogen and oxygen atoms in total. The summed E-state index contributed by atoms with van der Waals surface area (Å²) in [6, 6.07) is 2.00. The number of aromatic nitrogens is 1. The predicted octanol–water partition coefficient (Wildman–Crippen LogP) is 0.465. The number of carbonyl (C=O) groups excluding carboxylic acids is 1. The largest absolute Gasteiger partial charge is 0.480 e. The predicted molar refractivity (Wildman–Crippen MR) is 68.0 cm³/mol. The molecule has 0 aromatic carbocycles. The molecule has 0 bridgehead atoms. The van der Waals surface area contributed by atoms with E-state index in [9.17, 15) is 14.4 Å². The number of carbonyl (C=O) groups is 2. The van der Waals surface area contributed by atoms with Crippen LogP contribution in [-0.2, 0) is 11.8 Å². The molecule has 1 aromatic rings. The Kier molecular flexibility index (Phi) is 3.69. The summed E-state index contributed by atoms with van der Waals surface area (Å²) >= 11 is 0. The van der Waals surface area contributed by atoms with Gasteiger partial charge in [-0.15, -0.1) is 0 Å². The number of piperidine rings is 1. The zero-order valence-electron chi connectivity index (χ0n) is 10.7. The minimum Gasteiger partial charge on any atom is -0.480 e. The van der Waals surface area contributed by atoms with Crippen LogP contribution in [0.15, 0.2) is 23.1 Å². The summed E-state index contributed by atoms with van der Waals surface area (Å²) in [7, 11) is 1.59. The highest BCUT2D eigenvalue weighted by Gasteiger charge is 2.32. The molecule has 19 heavy (non-hydrogen) atoms. The molecule has 1 unspecified atom stereocenters. The van der Waals surface area contributed by atoms with Gasteiger partial charge in [-0.1, -0.05) is 0 Å². The van der Waals surface area contributed by atoms with Crippen LogP contribution in [0, 0.1) is 0 Å². The highest BCUT2D eigenvalue weighted by molar-refractivity contribution is 5.96. The standard InChI is InChI=1S/C13H16N2O4/c1-14-7-5-9(8-11(14)16)12(17)15-6-3-2-4-10(15)13(18)19/h5,7-8,10H,2-4,6H2,1H3,(H,18,19). The van der Waals surface area contributed by atoms with Crippen LogP contribution in [0.1, 0.15) is 29.6 Å². The molecule has 2 rings (SSSR count). The highest BCUT2D eigenvalue weighted by atomic mass is 16.4. The Hall–Kier alpha value is -2.11. The first-order valence-electron chi connectivity index (χ1n) is 6.21. The van der Waals surface area contributed by atoms with Crippen LogP contribution in [0.2, 0.25) is 0 Å². The normalized spacial score (nSPS) is 19.2. The zero-order valence-corrected chi connectivity index (χ0v) is 10.7. The third-order valence-electron chi connectivity index (χ3n) is 3.40. The van der Waals surface area contributed by atoms with E-state index in [0.29, 0.717) is 13.0 Å². The lowest BCUT2D eigenvalue weighted by Gasteiger charge is -2.32. The van der Waals surface area contributed by atoms with Crippen LogP contribution in [0.4, 0.5) is 0 Å². The average molecular weight is 264 g/mol. The van der Waals surface area contributed by atoms with Crippen molar-refractivity contribution in [2.45, 2.75) is 25.3 Å². The van der Waals surface area contributed by atoms with Crippen molar-refractivity contribution in [1.82, 2.24) is 9.47 Å². The van der Waals surface area contributed by atoms with Crippen molar-refractivity contribution in [3.8, 4) is 0 Å². The summed E-state index contributed by atoms with van der Waals surface area (Å²) in [6.45, 7) is 0.422. The number of pyridine rings is 1. The lowest BCUT2D eigenvalue weighted by atomic mass is 10.0. The summed E-state index contributed by atoms with van der Waals surface area (Å²) in [5.74, 6) is -1.37. The minimum absolute atomic E-state index is 0.247. The summed E-state index contributed by atoms with van der Waals surface area (Å²) in [6.07, 6.45) is 3.57. The fraction of sp³-hybridized carbons (Fsp3) is 0.462. The van der Waals surface area contributed by atoms with E-state index in [-0.39, 0.29) is 17.0 Å². The number of hydrogen-bond donors (Lipinski definition) is 1. The topological polar surface area (TPSA) is 79.6 Å². The maximum absolute atomic E-state index is 12.3. The lowest BCUT2D eigenvalue weighted by molar-refractivity contribution is -0.143. The van der Waals surface area contributed by atoms with E-state index >= 15 is 0 Å². The first-order valence-corrected chi connectivity index (χ1v) is 6.21. The van der Waals surface area contributed by atoms with Gasteiger partial charge in [0.2, 0.25) is 0 Å². The number of rotatable bonds is 2. The summed E-state index contributed by atoms with van der Waals surface area (Å²) in [4.78, 5) is 36.3. The molecular formula is C13H16N2O4. The molecule has 0 saturated carbocycles. The molecular weight excluding hydrogens is 248 g/mol. The Morgan fingerprint density at radius 3 is 2.74 bits per heavy atom. The van der Waals surface area contributed by atoms with E-state index in [0.717, 1.165) is 12.8 Å². The van der Waals surface area contributed by atoms with Gasteiger partial charge < -0.3 is 14.6 Å². The Labute approximate surface area is 110 Å². The molecule has 1 aliphatic rings. The average Bonchev–Trinajstić information content (AvgIpc) is 2.41. The monoisotopic (exact) mass is 264 g/mol.